The molecule has 0 aliphatic heterocycles. The van der Waals surface area contributed by atoms with Crippen LogP contribution in [0, 0.1) is 0 Å². The van der Waals surface area contributed by atoms with E-state index in [-0.39, 0.29) is 22.3 Å². The van der Waals surface area contributed by atoms with E-state index >= 15 is 0 Å². The minimum atomic E-state index is -3.60. The minimum Gasteiger partial charge on any atom is -0.307 e. The summed E-state index contributed by atoms with van der Waals surface area (Å²) in [5, 5.41) is 7.17. The summed E-state index contributed by atoms with van der Waals surface area (Å²) in [6.07, 6.45) is 1.63. The maximum absolute atomic E-state index is 12.7. The van der Waals surface area contributed by atoms with E-state index in [2.05, 4.69) is 60.2 Å². The van der Waals surface area contributed by atoms with Crippen molar-refractivity contribution in [1.29, 1.82) is 0 Å². The van der Waals surface area contributed by atoms with Crippen LogP contribution in [-0.2, 0) is 22.0 Å². The highest BCUT2D eigenvalue weighted by Crippen LogP contribution is 2.23. The summed E-state index contributed by atoms with van der Waals surface area (Å²) in [6.45, 7) is 10.5. The van der Waals surface area contributed by atoms with E-state index in [1.807, 2.05) is 0 Å². The smallest absolute Gasteiger partial charge is 0.256 e. The lowest BCUT2D eigenvalue weighted by molar-refractivity contribution is 0.102. The highest BCUT2D eigenvalue weighted by Gasteiger charge is 2.17. The van der Waals surface area contributed by atoms with Gasteiger partial charge in [0.05, 0.1) is 17.6 Å². The van der Waals surface area contributed by atoms with Crippen molar-refractivity contribution in [2.24, 2.45) is 0 Å². The van der Waals surface area contributed by atoms with Crippen molar-refractivity contribution in [1.82, 2.24) is 14.5 Å². The SMILES string of the molecule is CC(C)NS(=O)(=O)c1ccc(C(=O)Nc2ccnn2Cc2ccc(C(C)(C)C)cc2)cc1. The zero-order chi connectivity index (χ0) is 23.5. The molecular weight excluding hydrogens is 424 g/mol. The summed E-state index contributed by atoms with van der Waals surface area (Å²) in [4.78, 5) is 12.8. The van der Waals surface area contributed by atoms with Crippen LogP contribution < -0.4 is 10.0 Å². The van der Waals surface area contributed by atoms with Gasteiger partial charge < -0.3 is 5.32 Å². The van der Waals surface area contributed by atoms with E-state index in [0.29, 0.717) is 17.9 Å². The van der Waals surface area contributed by atoms with Gasteiger partial charge in [0.2, 0.25) is 10.0 Å². The summed E-state index contributed by atoms with van der Waals surface area (Å²) in [6, 6.07) is 15.7. The molecule has 32 heavy (non-hydrogen) atoms. The maximum atomic E-state index is 12.7. The number of hydrogen-bond acceptors (Lipinski definition) is 4. The second kappa shape index (κ2) is 9.26. The molecule has 0 radical (unpaired) electrons. The Morgan fingerprint density at radius 2 is 1.62 bits per heavy atom. The molecule has 8 heteroatoms. The van der Waals surface area contributed by atoms with E-state index in [9.17, 15) is 13.2 Å². The number of carbonyl (C=O) groups excluding carboxylic acids is 1. The van der Waals surface area contributed by atoms with Crippen molar-refractivity contribution >= 4 is 21.7 Å². The molecule has 2 N–H and O–H groups in total. The molecule has 1 aromatic heterocycles. The van der Waals surface area contributed by atoms with Gasteiger partial charge in [-0.2, -0.15) is 5.10 Å². The molecule has 0 fully saturated rings. The van der Waals surface area contributed by atoms with Gasteiger partial charge in [0.1, 0.15) is 5.82 Å². The fraction of sp³-hybridized carbons (Fsp3) is 0.333. The number of benzene rings is 2. The number of carbonyl (C=O) groups is 1. The third-order valence-corrected chi connectivity index (χ3v) is 6.60. The van der Waals surface area contributed by atoms with Gasteiger partial charge in [-0.25, -0.2) is 17.8 Å². The molecule has 0 atom stereocenters. The van der Waals surface area contributed by atoms with Gasteiger partial charge in [0.15, 0.2) is 0 Å². The van der Waals surface area contributed by atoms with E-state index in [1.165, 1.54) is 29.8 Å². The van der Waals surface area contributed by atoms with Gasteiger partial charge in [0, 0.05) is 17.7 Å². The van der Waals surface area contributed by atoms with Gasteiger partial charge in [-0.1, -0.05) is 45.0 Å². The van der Waals surface area contributed by atoms with Crippen molar-refractivity contribution in [2.45, 2.75) is 57.5 Å². The monoisotopic (exact) mass is 454 g/mol. The normalized spacial score (nSPS) is 12.2. The highest BCUT2D eigenvalue weighted by molar-refractivity contribution is 7.89. The first kappa shape index (κ1) is 23.7. The number of amides is 1. The number of aromatic nitrogens is 2. The molecular formula is C24H30N4O3S. The van der Waals surface area contributed by atoms with Gasteiger partial charge >= 0.3 is 0 Å². The molecule has 0 bridgehead atoms. The van der Waals surface area contributed by atoms with Crippen LogP contribution in [0.1, 0.15) is 56.1 Å². The van der Waals surface area contributed by atoms with E-state index < -0.39 is 10.0 Å². The largest absolute Gasteiger partial charge is 0.307 e. The molecule has 3 aromatic rings. The van der Waals surface area contributed by atoms with Crippen LogP contribution in [0.25, 0.3) is 0 Å². The third kappa shape index (κ3) is 5.83. The Bertz CT molecular complexity index is 1170. The lowest BCUT2D eigenvalue weighted by Crippen LogP contribution is -2.30. The van der Waals surface area contributed by atoms with Crippen molar-refractivity contribution in [3.63, 3.8) is 0 Å². The molecule has 1 heterocycles. The Kier molecular flexibility index (Phi) is 6.85. The van der Waals surface area contributed by atoms with Crippen molar-refractivity contribution < 1.29 is 13.2 Å². The fourth-order valence-electron chi connectivity index (χ4n) is 3.20. The van der Waals surface area contributed by atoms with E-state index in [1.54, 1.807) is 30.8 Å². The lowest BCUT2D eigenvalue weighted by atomic mass is 9.87. The Morgan fingerprint density at radius 1 is 1.00 bits per heavy atom. The van der Waals surface area contributed by atoms with Gasteiger partial charge in [-0.05, 0) is 54.7 Å². The molecule has 0 spiro atoms. The zero-order valence-electron chi connectivity index (χ0n) is 19.1. The molecule has 3 rings (SSSR count). The summed E-state index contributed by atoms with van der Waals surface area (Å²) in [7, 11) is -3.60. The van der Waals surface area contributed by atoms with Crippen LogP contribution in [-0.4, -0.2) is 30.1 Å². The Labute approximate surface area is 189 Å². The Morgan fingerprint density at radius 3 is 2.19 bits per heavy atom. The number of rotatable bonds is 7. The predicted octanol–water partition coefficient (Wildman–Crippen LogP) is 4.17. The molecule has 7 nitrogen and oxygen atoms in total. The van der Waals surface area contributed by atoms with Crippen molar-refractivity contribution in [3.8, 4) is 0 Å². The van der Waals surface area contributed by atoms with E-state index in [0.717, 1.165) is 5.56 Å². The summed E-state index contributed by atoms with van der Waals surface area (Å²) in [5.74, 6) is 0.226. The Balaban J connectivity index is 1.70. The van der Waals surface area contributed by atoms with Crippen LogP contribution >= 0.6 is 0 Å². The average molecular weight is 455 g/mol. The molecule has 0 saturated carbocycles. The summed E-state index contributed by atoms with van der Waals surface area (Å²) in [5.41, 5.74) is 2.77. The Hall–Kier alpha value is -2.97. The summed E-state index contributed by atoms with van der Waals surface area (Å²) < 4.78 is 28.7. The maximum Gasteiger partial charge on any atom is 0.256 e. The van der Waals surface area contributed by atoms with Crippen LogP contribution in [0.3, 0.4) is 0 Å². The van der Waals surface area contributed by atoms with Gasteiger partial charge in [-0.3, -0.25) is 4.79 Å². The zero-order valence-corrected chi connectivity index (χ0v) is 19.9. The second-order valence-corrected chi connectivity index (χ2v) is 10.8. The number of nitrogens with zero attached hydrogens (tertiary/aromatic N) is 2. The topological polar surface area (TPSA) is 93.1 Å². The first-order chi connectivity index (χ1) is 15.0. The highest BCUT2D eigenvalue weighted by atomic mass is 32.2. The van der Waals surface area contributed by atoms with Crippen LogP contribution in [0.15, 0.2) is 65.7 Å². The molecule has 1 amide bonds. The number of sulfonamides is 1. The van der Waals surface area contributed by atoms with Crippen LogP contribution in [0.5, 0.6) is 0 Å². The van der Waals surface area contributed by atoms with Crippen molar-refractivity contribution in [2.75, 3.05) is 5.32 Å². The molecule has 2 aromatic carbocycles. The molecule has 170 valence electrons. The van der Waals surface area contributed by atoms with Gasteiger partial charge in [-0.15, -0.1) is 0 Å². The fourth-order valence-corrected chi connectivity index (χ4v) is 4.45. The quantitative estimate of drug-likeness (QED) is 0.560. The van der Waals surface area contributed by atoms with Crippen molar-refractivity contribution in [3.05, 3.63) is 77.5 Å². The number of anilines is 1. The van der Waals surface area contributed by atoms with E-state index in [4.69, 9.17) is 0 Å². The first-order valence-electron chi connectivity index (χ1n) is 10.5. The number of hydrogen-bond donors (Lipinski definition) is 2. The predicted molar refractivity (Wildman–Crippen MR) is 126 cm³/mol. The molecule has 0 saturated heterocycles. The molecule has 0 aliphatic rings. The minimum absolute atomic E-state index is 0.0864. The number of nitrogens with one attached hydrogen (secondary N) is 2. The lowest BCUT2D eigenvalue weighted by Gasteiger charge is -2.19. The van der Waals surface area contributed by atoms with Gasteiger partial charge in [0.25, 0.3) is 5.91 Å². The third-order valence-electron chi connectivity index (χ3n) is 4.93. The second-order valence-electron chi connectivity index (χ2n) is 9.08. The first-order valence-corrected chi connectivity index (χ1v) is 12.0. The van der Waals surface area contributed by atoms with Crippen LogP contribution in [0.2, 0.25) is 0 Å². The molecule has 0 aliphatic carbocycles. The van der Waals surface area contributed by atoms with Crippen LogP contribution in [0.4, 0.5) is 5.82 Å². The average Bonchev–Trinajstić information content (AvgIpc) is 3.13. The molecule has 0 unspecified atom stereocenters. The standard InChI is InChI=1S/C24H30N4O3S/c1-17(2)27-32(30,31)21-12-8-19(9-13-21)23(29)26-22-14-15-25-28(22)16-18-6-10-20(11-7-18)24(3,4)5/h6-15,17,27H,16H2,1-5H3,(H,26,29). The summed E-state index contributed by atoms with van der Waals surface area (Å²) >= 11 is 0.